The van der Waals surface area contributed by atoms with Crippen molar-refractivity contribution in [3.05, 3.63) is 176 Å². The molecule has 0 atom stereocenters. The highest BCUT2D eigenvalue weighted by Gasteiger charge is 2.23. The van der Waals surface area contributed by atoms with Crippen LogP contribution >= 0.6 is 11.3 Å². The zero-order valence-electron chi connectivity index (χ0n) is 27.5. The summed E-state index contributed by atoms with van der Waals surface area (Å²) in [6, 6.07) is 63.8. The van der Waals surface area contributed by atoms with Crippen LogP contribution in [0.4, 0.5) is 17.1 Å². The molecule has 0 bridgehead atoms. The lowest BCUT2D eigenvalue weighted by Crippen LogP contribution is -2.10. The van der Waals surface area contributed by atoms with Crippen LogP contribution in [0.3, 0.4) is 0 Å². The summed E-state index contributed by atoms with van der Waals surface area (Å²) in [5, 5.41) is 12.0. The summed E-state index contributed by atoms with van der Waals surface area (Å²) >= 11 is 1.83. The van der Waals surface area contributed by atoms with Gasteiger partial charge in [-0.25, -0.2) is 0 Å². The summed E-state index contributed by atoms with van der Waals surface area (Å²) in [5.74, 6) is 0. The number of hydrogen-bond acceptors (Lipinski definition) is 3. The molecule has 0 amide bonds. The molecule has 2 nitrogen and oxygen atoms in total. The monoisotopic (exact) mass is 667 g/mol. The summed E-state index contributed by atoms with van der Waals surface area (Å²) in [6.07, 6.45) is 0. The molecule has 0 aliphatic heterocycles. The molecule has 0 aliphatic carbocycles. The van der Waals surface area contributed by atoms with Gasteiger partial charge in [-0.3, -0.25) is 0 Å². The molecule has 3 heteroatoms. The van der Waals surface area contributed by atoms with Gasteiger partial charge in [0.1, 0.15) is 11.2 Å². The smallest absolute Gasteiger partial charge is 0.144 e. The highest BCUT2D eigenvalue weighted by Crippen LogP contribution is 2.49. The van der Waals surface area contributed by atoms with E-state index in [-0.39, 0.29) is 0 Å². The van der Waals surface area contributed by atoms with Crippen LogP contribution in [0.1, 0.15) is 0 Å². The Balaban J connectivity index is 1.19. The third kappa shape index (κ3) is 4.35. The van der Waals surface area contributed by atoms with Gasteiger partial charge < -0.3 is 9.32 Å². The van der Waals surface area contributed by atoms with Crippen LogP contribution < -0.4 is 4.90 Å². The Morgan fingerprint density at radius 1 is 0.412 bits per heavy atom. The number of rotatable bonds is 4. The van der Waals surface area contributed by atoms with Crippen LogP contribution in [-0.4, -0.2) is 0 Å². The summed E-state index contributed by atoms with van der Waals surface area (Å²) in [7, 11) is 0. The molecular weight excluding hydrogens is 639 g/mol. The number of benzene rings is 9. The van der Waals surface area contributed by atoms with E-state index in [4.69, 9.17) is 4.42 Å². The van der Waals surface area contributed by atoms with Crippen molar-refractivity contribution in [3.8, 4) is 11.1 Å². The number of nitrogens with zero attached hydrogens (tertiary/aromatic N) is 1. The molecule has 11 rings (SSSR count). The van der Waals surface area contributed by atoms with E-state index >= 15 is 0 Å². The van der Waals surface area contributed by atoms with Gasteiger partial charge in [-0.1, -0.05) is 121 Å². The zero-order valence-corrected chi connectivity index (χ0v) is 28.3. The minimum Gasteiger partial charge on any atom is -0.455 e. The molecule has 9 aromatic carbocycles. The van der Waals surface area contributed by atoms with Gasteiger partial charge in [0, 0.05) is 42.0 Å². The Bertz CT molecular complexity index is 3140. The predicted molar refractivity (Wildman–Crippen MR) is 219 cm³/mol. The second-order valence-electron chi connectivity index (χ2n) is 13.3. The topological polar surface area (TPSA) is 16.4 Å². The number of hydrogen-bond donors (Lipinski definition) is 0. The van der Waals surface area contributed by atoms with Crippen molar-refractivity contribution < 1.29 is 4.42 Å². The van der Waals surface area contributed by atoms with Crippen molar-refractivity contribution >= 4 is 103 Å². The first kappa shape index (κ1) is 28.4. The van der Waals surface area contributed by atoms with Gasteiger partial charge in [-0.2, -0.15) is 0 Å². The molecule has 0 radical (unpaired) electrons. The van der Waals surface area contributed by atoms with Gasteiger partial charge in [0.15, 0.2) is 0 Å². The van der Waals surface area contributed by atoms with Gasteiger partial charge in [-0.15, -0.1) is 11.3 Å². The summed E-state index contributed by atoms with van der Waals surface area (Å²) in [4.78, 5) is 2.44. The average molecular weight is 668 g/mol. The summed E-state index contributed by atoms with van der Waals surface area (Å²) in [5.41, 5.74) is 7.67. The van der Waals surface area contributed by atoms with Crippen molar-refractivity contribution in [2.24, 2.45) is 0 Å². The lowest BCUT2D eigenvalue weighted by Gasteiger charge is -2.28. The Labute approximate surface area is 298 Å². The van der Waals surface area contributed by atoms with Crippen molar-refractivity contribution in [1.82, 2.24) is 0 Å². The molecule has 0 fully saturated rings. The minimum atomic E-state index is 0.919. The minimum absolute atomic E-state index is 0.919. The molecule has 238 valence electrons. The number of thiophene rings is 1. The van der Waals surface area contributed by atoms with E-state index in [1.807, 2.05) is 11.3 Å². The van der Waals surface area contributed by atoms with Crippen molar-refractivity contribution in [1.29, 1.82) is 0 Å². The largest absolute Gasteiger partial charge is 0.455 e. The van der Waals surface area contributed by atoms with Crippen LogP contribution in [-0.2, 0) is 0 Å². The van der Waals surface area contributed by atoms with E-state index in [1.54, 1.807) is 0 Å². The quantitative estimate of drug-likeness (QED) is 0.186. The van der Waals surface area contributed by atoms with E-state index in [9.17, 15) is 0 Å². The maximum Gasteiger partial charge on any atom is 0.144 e. The van der Waals surface area contributed by atoms with Crippen molar-refractivity contribution in [3.63, 3.8) is 0 Å². The molecule has 0 N–H and O–H groups in total. The fourth-order valence-corrected chi connectivity index (χ4v) is 9.19. The second-order valence-corrected chi connectivity index (χ2v) is 14.4. The maximum atomic E-state index is 6.84. The van der Waals surface area contributed by atoms with E-state index in [0.717, 1.165) is 39.0 Å². The molecule has 0 spiro atoms. The molecule has 2 heterocycles. The fraction of sp³-hybridized carbons (Fsp3) is 0. The number of anilines is 3. The normalized spacial score (nSPS) is 11.9. The summed E-state index contributed by atoms with van der Waals surface area (Å²) < 4.78 is 9.30. The van der Waals surface area contributed by atoms with Gasteiger partial charge in [-0.05, 0) is 92.7 Å². The molecule has 0 saturated heterocycles. The Kier molecular flexibility index (Phi) is 6.16. The Morgan fingerprint density at radius 2 is 1.04 bits per heavy atom. The molecule has 51 heavy (non-hydrogen) atoms. The number of fused-ring (bicyclic) bond motifs is 10. The van der Waals surface area contributed by atoms with Gasteiger partial charge >= 0.3 is 0 Å². The van der Waals surface area contributed by atoms with Crippen molar-refractivity contribution in [2.75, 3.05) is 4.90 Å². The molecule has 11 aromatic rings. The van der Waals surface area contributed by atoms with Gasteiger partial charge in [0.25, 0.3) is 0 Å². The van der Waals surface area contributed by atoms with E-state index in [0.29, 0.717) is 0 Å². The van der Waals surface area contributed by atoms with Crippen LogP contribution in [0, 0.1) is 0 Å². The van der Waals surface area contributed by atoms with Crippen LogP contribution in [0.15, 0.2) is 180 Å². The highest BCUT2D eigenvalue weighted by molar-refractivity contribution is 7.26. The molecule has 2 aromatic heterocycles. The SMILES string of the molecule is c1ccc2cc3c(cc2c1)oc1c3ccc2sc3cccc(N(c4ccc(-c5cccc6ccccc56)cc4)c4cccc5ccccc45)c3c21. The second kappa shape index (κ2) is 11.0. The first-order chi connectivity index (χ1) is 25.3. The lowest BCUT2D eigenvalue weighted by molar-refractivity contribution is 0.673. The summed E-state index contributed by atoms with van der Waals surface area (Å²) in [6.45, 7) is 0. The van der Waals surface area contributed by atoms with Crippen LogP contribution in [0.25, 0.3) is 85.6 Å². The molecule has 0 aliphatic rings. The average Bonchev–Trinajstić information content (AvgIpc) is 3.75. The fourth-order valence-electron chi connectivity index (χ4n) is 8.07. The van der Waals surface area contributed by atoms with E-state index in [1.165, 1.54) is 63.6 Å². The highest BCUT2D eigenvalue weighted by atomic mass is 32.1. The lowest BCUT2D eigenvalue weighted by atomic mass is 9.97. The predicted octanol–water partition coefficient (Wildman–Crippen LogP) is 14.6. The third-order valence-electron chi connectivity index (χ3n) is 10.4. The van der Waals surface area contributed by atoms with Crippen LogP contribution in [0.5, 0.6) is 0 Å². The Morgan fingerprint density at radius 3 is 1.86 bits per heavy atom. The zero-order chi connectivity index (χ0) is 33.5. The van der Waals surface area contributed by atoms with Gasteiger partial charge in [0.05, 0.1) is 11.4 Å². The standard InChI is InChI=1S/C48H29NOS/c1-2-13-34-29-43-40(28-33(34)12-1)39-26-27-45-47(48(39)50-43)46-42(20-9-21-44(46)51-45)49(41-19-8-15-31-11-4-6-17-38(31)41)35-24-22-32(23-25-35)37-18-7-14-30-10-3-5-16-36(30)37/h1-29H. The molecular formula is C48H29NOS. The van der Waals surface area contributed by atoms with E-state index < -0.39 is 0 Å². The van der Waals surface area contributed by atoms with Gasteiger partial charge in [0.2, 0.25) is 0 Å². The maximum absolute atomic E-state index is 6.84. The van der Waals surface area contributed by atoms with E-state index in [2.05, 4.69) is 181 Å². The first-order valence-corrected chi connectivity index (χ1v) is 18.2. The van der Waals surface area contributed by atoms with Crippen LogP contribution in [0.2, 0.25) is 0 Å². The first-order valence-electron chi connectivity index (χ1n) is 17.3. The Hall–Kier alpha value is -6.42. The third-order valence-corrected chi connectivity index (χ3v) is 11.5. The molecule has 0 saturated carbocycles. The van der Waals surface area contributed by atoms with Crippen molar-refractivity contribution in [2.45, 2.75) is 0 Å². The molecule has 0 unspecified atom stereocenters. The number of furan rings is 1.